The van der Waals surface area contributed by atoms with E-state index in [4.69, 9.17) is 9.47 Å². The van der Waals surface area contributed by atoms with E-state index in [-0.39, 0.29) is 6.61 Å². The van der Waals surface area contributed by atoms with Crippen molar-refractivity contribution in [1.29, 1.82) is 0 Å². The number of carbonyl (C=O) groups excluding carboxylic acids is 2. The Kier molecular flexibility index (Phi) is 5.36. The van der Waals surface area contributed by atoms with Gasteiger partial charge in [0.2, 0.25) is 6.10 Å². The Bertz CT molecular complexity index is 457. The fourth-order valence-corrected chi connectivity index (χ4v) is 1.74. The zero-order valence-corrected chi connectivity index (χ0v) is 11.7. The molecule has 1 unspecified atom stereocenters. The summed E-state index contributed by atoms with van der Waals surface area (Å²) < 4.78 is 10.1. The molecule has 1 atom stereocenters. The van der Waals surface area contributed by atoms with Gasteiger partial charge in [0.25, 0.3) is 0 Å². The number of ether oxygens (including phenoxy) is 2. The van der Waals surface area contributed by atoms with Gasteiger partial charge in [-0.15, -0.1) is 0 Å². The molecule has 0 radical (unpaired) electrons. The molecule has 0 N–H and O–H groups in total. The molecular weight excluding hydrogens is 246 g/mol. The van der Waals surface area contributed by atoms with E-state index in [1.54, 1.807) is 19.1 Å². The van der Waals surface area contributed by atoms with Gasteiger partial charge in [-0.25, -0.2) is 4.79 Å². The summed E-state index contributed by atoms with van der Waals surface area (Å²) in [6, 6.07) is 7.25. The molecule has 0 aliphatic carbocycles. The van der Waals surface area contributed by atoms with Crippen molar-refractivity contribution in [3.05, 3.63) is 29.8 Å². The van der Waals surface area contributed by atoms with E-state index in [0.717, 1.165) is 5.69 Å². The normalized spacial score (nSPS) is 11.6. The summed E-state index contributed by atoms with van der Waals surface area (Å²) in [5.74, 6) is -1.08. The molecule has 5 heteroatoms. The Labute approximate surface area is 113 Å². The minimum absolute atomic E-state index is 0.237. The molecule has 0 aromatic heterocycles. The first-order valence-corrected chi connectivity index (χ1v) is 6.07. The van der Waals surface area contributed by atoms with Gasteiger partial charge in [-0.3, -0.25) is 4.79 Å². The SMILES string of the molecule is CCOC(=O)C(OC(C)=O)c1ccccc1N(C)C. The summed E-state index contributed by atoms with van der Waals surface area (Å²) in [7, 11) is 3.71. The summed E-state index contributed by atoms with van der Waals surface area (Å²) in [5.41, 5.74) is 1.42. The first-order chi connectivity index (χ1) is 8.97. The second-order valence-corrected chi connectivity index (χ2v) is 4.19. The topological polar surface area (TPSA) is 55.8 Å². The van der Waals surface area contributed by atoms with Gasteiger partial charge in [0.05, 0.1) is 6.61 Å². The van der Waals surface area contributed by atoms with Crippen LogP contribution in [0.15, 0.2) is 24.3 Å². The van der Waals surface area contributed by atoms with E-state index in [1.807, 2.05) is 31.1 Å². The number of nitrogens with zero attached hydrogens (tertiary/aromatic N) is 1. The lowest BCUT2D eigenvalue weighted by atomic mass is 10.1. The summed E-state index contributed by atoms with van der Waals surface area (Å²) in [4.78, 5) is 25.0. The summed E-state index contributed by atoms with van der Waals surface area (Å²) >= 11 is 0. The van der Waals surface area contributed by atoms with Crippen molar-refractivity contribution in [3.8, 4) is 0 Å². The number of carbonyl (C=O) groups is 2. The van der Waals surface area contributed by atoms with Crippen LogP contribution >= 0.6 is 0 Å². The van der Waals surface area contributed by atoms with Crippen molar-refractivity contribution in [2.45, 2.75) is 20.0 Å². The maximum atomic E-state index is 11.9. The van der Waals surface area contributed by atoms with E-state index >= 15 is 0 Å². The largest absolute Gasteiger partial charge is 0.463 e. The molecule has 1 rings (SSSR count). The first-order valence-electron chi connectivity index (χ1n) is 6.07. The van der Waals surface area contributed by atoms with Crippen LogP contribution in [0, 0.1) is 0 Å². The third-order valence-corrected chi connectivity index (χ3v) is 2.49. The van der Waals surface area contributed by atoms with Crippen molar-refractivity contribution in [1.82, 2.24) is 0 Å². The highest BCUT2D eigenvalue weighted by atomic mass is 16.6. The Morgan fingerprint density at radius 1 is 1.26 bits per heavy atom. The fraction of sp³-hybridized carbons (Fsp3) is 0.429. The van der Waals surface area contributed by atoms with Gasteiger partial charge in [0, 0.05) is 32.3 Å². The van der Waals surface area contributed by atoms with E-state index < -0.39 is 18.0 Å². The molecule has 0 aliphatic heterocycles. The van der Waals surface area contributed by atoms with Crippen molar-refractivity contribution in [2.75, 3.05) is 25.6 Å². The highest BCUT2D eigenvalue weighted by molar-refractivity contribution is 5.82. The van der Waals surface area contributed by atoms with Crippen LogP contribution in [0.1, 0.15) is 25.5 Å². The second kappa shape index (κ2) is 6.78. The quantitative estimate of drug-likeness (QED) is 0.761. The number of anilines is 1. The molecule has 1 aromatic rings. The van der Waals surface area contributed by atoms with Gasteiger partial charge in [-0.05, 0) is 13.0 Å². The van der Waals surface area contributed by atoms with Crippen molar-refractivity contribution < 1.29 is 19.1 Å². The summed E-state index contributed by atoms with van der Waals surface area (Å²) in [6.07, 6.45) is -1.03. The van der Waals surface area contributed by atoms with Crippen LogP contribution in [0.3, 0.4) is 0 Å². The van der Waals surface area contributed by atoms with E-state index in [9.17, 15) is 9.59 Å². The third-order valence-electron chi connectivity index (χ3n) is 2.49. The van der Waals surface area contributed by atoms with E-state index in [2.05, 4.69) is 0 Å². The lowest BCUT2D eigenvalue weighted by molar-refractivity contribution is -0.166. The molecule has 19 heavy (non-hydrogen) atoms. The van der Waals surface area contributed by atoms with Gasteiger partial charge < -0.3 is 14.4 Å². The van der Waals surface area contributed by atoms with Gasteiger partial charge in [0.1, 0.15) is 0 Å². The zero-order chi connectivity index (χ0) is 14.4. The van der Waals surface area contributed by atoms with Gasteiger partial charge in [-0.2, -0.15) is 0 Å². The van der Waals surface area contributed by atoms with Gasteiger partial charge in [-0.1, -0.05) is 18.2 Å². The van der Waals surface area contributed by atoms with Crippen LogP contribution in [-0.4, -0.2) is 32.6 Å². The van der Waals surface area contributed by atoms with Crippen LogP contribution in [0.25, 0.3) is 0 Å². The molecule has 1 aromatic carbocycles. The Hall–Kier alpha value is -2.04. The first kappa shape index (κ1) is 15.0. The molecule has 0 bridgehead atoms. The maximum Gasteiger partial charge on any atom is 0.352 e. The highest BCUT2D eigenvalue weighted by Gasteiger charge is 2.27. The Morgan fingerprint density at radius 3 is 2.42 bits per heavy atom. The molecule has 0 saturated heterocycles. The molecule has 0 fully saturated rings. The molecular formula is C14H19NO4. The number of esters is 2. The highest BCUT2D eigenvalue weighted by Crippen LogP contribution is 2.28. The minimum atomic E-state index is -1.03. The zero-order valence-electron chi connectivity index (χ0n) is 11.7. The number of benzene rings is 1. The lowest BCUT2D eigenvalue weighted by Crippen LogP contribution is -2.23. The average Bonchev–Trinajstić information content (AvgIpc) is 2.36. The van der Waals surface area contributed by atoms with E-state index in [1.165, 1.54) is 6.92 Å². The molecule has 0 saturated carbocycles. The standard InChI is InChI=1S/C14H19NO4/c1-5-18-14(17)13(19-10(2)16)11-8-6-7-9-12(11)15(3)4/h6-9,13H,5H2,1-4H3. The number of hydrogen-bond acceptors (Lipinski definition) is 5. The van der Waals surface area contributed by atoms with Crippen LogP contribution in [0.4, 0.5) is 5.69 Å². The number of hydrogen-bond donors (Lipinski definition) is 0. The molecule has 104 valence electrons. The number of rotatable bonds is 5. The molecule has 0 amide bonds. The predicted molar refractivity (Wildman–Crippen MR) is 71.9 cm³/mol. The molecule has 0 spiro atoms. The third kappa shape index (κ3) is 3.98. The van der Waals surface area contributed by atoms with Gasteiger partial charge in [0.15, 0.2) is 0 Å². The van der Waals surface area contributed by atoms with Crippen molar-refractivity contribution >= 4 is 17.6 Å². The Morgan fingerprint density at radius 2 is 1.89 bits per heavy atom. The maximum absolute atomic E-state index is 11.9. The summed E-state index contributed by atoms with van der Waals surface area (Å²) in [5, 5.41) is 0. The number of para-hydroxylation sites is 1. The second-order valence-electron chi connectivity index (χ2n) is 4.19. The van der Waals surface area contributed by atoms with Crippen molar-refractivity contribution in [2.24, 2.45) is 0 Å². The van der Waals surface area contributed by atoms with Gasteiger partial charge >= 0.3 is 11.9 Å². The van der Waals surface area contributed by atoms with Crippen molar-refractivity contribution in [3.63, 3.8) is 0 Å². The predicted octanol–water partition coefficient (Wildman–Crippen LogP) is 1.92. The molecule has 5 nitrogen and oxygen atoms in total. The van der Waals surface area contributed by atoms with Crippen LogP contribution in [0.2, 0.25) is 0 Å². The Balaban J connectivity index is 3.16. The van der Waals surface area contributed by atoms with Crippen LogP contribution < -0.4 is 4.90 Å². The van der Waals surface area contributed by atoms with E-state index in [0.29, 0.717) is 5.56 Å². The lowest BCUT2D eigenvalue weighted by Gasteiger charge is -2.22. The monoisotopic (exact) mass is 265 g/mol. The minimum Gasteiger partial charge on any atom is -0.463 e. The fourth-order valence-electron chi connectivity index (χ4n) is 1.74. The average molecular weight is 265 g/mol. The summed E-state index contributed by atoms with van der Waals surface area (Å²) in [6.45, 7) is 3.21. The molecule has 0 aliphatic rings. The molecule has 0 heterocycles. The van der Waals surface area contributed by atoms with Crippen LogP contribution in [-0.2, 0) is 19.1 Å². The van der Waals surface area contributed by atoms with Crippen LogP contribution in [0.5, 0.6) is 0 Å². The smallest absolute Gasteiger partial charge is 0.352 e.